The summed E-state index contributed by atoms with van der Waals surface area (Å²) in [5.74, 6) is 1.75. The SMILES string of the molecule is COc1ccccc1Nc1nnc(SCC(=O)N[C@@H]2CCCC[C@H]2C)s1. The molecule has 1 aliphatic rings. The highest BCUT2D eigenvalue weighted by molar-refractivity contribution is 8.01. The molecule has 0 aliphatic heterocycles. The average molecular weight is 393 g/mol. The molecule has 0 radical (unpaired) electrons. The zero-order valence-corrected chi connectivity index (χ0v) is 16.7. The van der Waals surface area contributed by atoms with E-state index in [1.54, 1.807) is 7.11 Å². The summed E-state index contributed by atoms with van der Waals surface area (Å²) in [5.41, 5.74) is 0.840. The van der Waals surface area contributed by atoms with Crippen LogP contribution in [-0.2, 0) is 4.79 Å². The Morgan fingerprint density at radius 3 is 2.92 bits per heavy atom. The van der Waals surface area contributed by atoms with E-state index in [-0.39, 0.29) is 5.91 Å². The Labute approximate surface area is 162 Å². The summed E-state index contributed by atoms with van der Waals surface area (Å²) in [7, 11) is 1.63. The Balaban J connectivity index is 1.49. The molecule has 1 heterocycles. The first-order chi connectivity index (χ1) is 12.7. The first-order valence-corrected chi connectivity index (χ1v) is 10.6. The Morgan fingerprint density at radius 1 is 1.31 bits per heavy atom. The zero-order chi connectivity index (χ0) is 18.4. The maximum atomic E-state index is 12.2. The Kier molecular flexibility index (Phi) is 6.73. The van der Waals surface area contributed by atoms with E-state index >= 15 is 0 Å². The summed E-state index contributed by atoms with van der Waals surface area (Å²) in [4.78, 5) is 12.2. The van der Waals surface area contributed by atoms with Gasteiger partial charge >= 0.3 is 0 Å². The molecule has 1 aromatic carbocycles. The van der Waals surface area contributed by atoms with Crippen LogP contribution in [0.5, 0.6) is 5.75 Å². The second-order valence-electron chi connectivity index (χ2n) is 6.42. The Bertz CT molecular complexity index is 737. The molecule has 2 aromatic rings. The molecule has 0 bridgehead atoms. The monoisotopic (exact) mass is 392 g/mol. The fraction of sp³-hybridized carbons (Fsp3) is 0.500. The lowest BCUT2D eigenvalue weighted by molar-refractivity contribution is -0.119. The number of carbonyl (C=O) groups excluding carboxylic acids is 1. The van der Waals surface area contributed by atoms with Crippen LogP contribution < -0.4 is 15.4 Å². The van der Waals surface area contributed by atoms with Gasteiger partial charge in [0.2, 0.25) is 11.0 Å². The Morgan fingerprint density at radius 2 is 2.12 bits per heavy atom. The number of anilines is 2. The summed E-state index contributed by atoms with van der Waals surface area (Å²) in [6.07, 6.45) is 4.77. The number of nitrogens with zero attached hydrogens (tertiary/aromatic N) is 2. The molecule has 2 N–H and O–H groups in total. The van der Waals surface area contributed by atoms with Gasteiger partial charge in [0.1, 0.15) is 5.75 Å². The number of hydrogen-bond acceptors (Lipinski definition) is 7. The van der Waals surface area contributed by atoms with Crippen LogP contribution in [-0.4, -0.2) is 35.0 Å². The average Bonchev–Trinajstić information content (AvgIpc) is 3.10. The fourth-order valence-electron chi connectivity index (χ4n) is 3.09. The predicted octanol–water partition coefficient (Wildman–Crippen LogP) is 4.08. The first kappa shape index (κ1) is 19.0. The van der Waals surface area contributed by atoms with E-state index in [2.05, 4.69) is 27.8 Å². The van der Waals surface area contributed by atoms with Crippen molar-refractivity contribution in [2.24, 2.45) is 5.92 Å². The molecule has 1 aromatic heterocycles. The van der Waals surface area contributed by atoms with Gasteiger partial charge in [-0.2, -0.15) is 0 Å². The molecule has 1 fully saturated rings. The van der Waals surface area contributed by atoms with Crippen molar-refractivity contribution in [3.63, 3.8) is 0 Å². The zero-order valence-electron chi connectivity index (χ0n) is 15.0. The van der Waals surface area contributed by atoms with E-state index in [1.165, 1.54) is 42.4 Å². The Hall–Kier alpha value is -1.80. The van der Waals surface area contributed by atoms with Crippen LogP contribution in [0.4, 0.5) is 10.8 Å². The summed E-state index contributed by atoms with van der Waals surface area (Å²) in [5, 5.41) is 15.3. The first-order valence-electron chi connectivity index (χ1n) is 8.81. The fourth-order valence-corrected chi connectivity index (χ4v) is 4.66. The van der Waals surface area contributed by atoms with Crippen molar-refractivity contribution >= 4 is 39.8 Å². The molecule has 1 aliphatic carbocycles. The molecule has 2 atom stereocenters. The number of methoxy groups -OCH3 is 1. The molecule has 8 heteroatoms. The van der Waals surface area contributed by atoms with Crippen LogP contribution in [0.3, 0.4) is 0 Å². The number of aromatic nitrogens is 2. The predicted molar refractivity (Wildman–Crippen MR) is 106 cm³/mol. The van der Waals surface area contributed by atoms with Gasteiger partial charge in [-0.1, -0.05) is 55.0 Å². The molecule has 0 unspecified atom stereocenters. The van der Waals surface area contributed by atoms with Crippen molar-refractivity contribution < 1.29 is 9.53 Å². The second kappa shape index (κ2) is 9.23. The molecule has 6 nitrogen and oxygen atoms in total. The maximum Gasteiger partial charge on any atom is 0.230 e. The van der Waals surface area contributed by atoms with Crippen molar-refractivity contribution in [3.8, 4) is 5.75 Å². The van der Waals surface area contributed by atoms with Gasteiger partial charge in [0, 0.05) is 6.04 Å². The maximum absolute atomic E-state index is 12.2. The third-order valence-corrected chi connectivity index (χ3v) is 6.51. The van der Waals surface area contributed by atoms with E-state index in [1.807, 2.05) is 24.3 Å². The number of rotatable bonds is 7. The lowest BCUT2D eigenvalue weighted by Crippen LogP contribution is -2.41. The summed E-state index contributed by atoms with van der Waals surface area (Å²) >= 11 is 2.85. The molecule has 3 rings (SSSR count). The minimum absolute atomic E-state index is 0.0724. The van der Waals surface area contributed by atoms with E-state index in [4.69, 9.17) is 4.74 Å². The standard InChI is InChI=1S/C18H24N4O2S2/c1-12-7-3-4-8-13(12)19-16(23)11-25-18-22-21-17(26-18)20-14-9-5-6-10-15(14)24-2/h5-6,9-10,12-13H,3-4,7-8,11H2,1-2H3,(H,19,23)(H,20,21)/t12-,13-/m1/s1. The van der Waals surface area contributed by atoms with Gasteiger partial charge < -0.3 is 15.4 Å². The summed E-state index contributed by atoms with van der Waals surface area (Å²) < 4.78 is 6.09. The molecule has 0 saturated heterocycles. The van der Waals surface area contributed by atoms with E-state index < -0.39 is 0 Å². The highest BCUT2D eigenvalue weighted by Crippen LogP contribution is 2.31. The molecular formula is C18H24N4O2S2. The highest BCUT2D eigenvalue weighted by Gasteiger charge is 2.22. The van der Waals surface area contributed by atoms with E-state index in [0.717, 1.165) is 22.2 Å². The van der Waals surface area contributed by atoms with Crippen LogP contribution in [0, 0.1) is 5.92 Å². The van der Waals surface area contributed by atoms with Crippen molar-refractivity contribution in [1.29, 1.82) is 0 Å². The lowest BCUT2D eigenvalue weighted by atomic mass is 9.86. The van der Waals surface area contributed by atoms with Gasteiger partial charge in [-0.15, -0.1) is 10.2 Å². The minimum Gasteiger partial charge on any atom is -0.495 e. The number of nitrogens with one attached hydrogen (secondary N) is 2. The van der Waals surface area contributed by atoms with E-state index in [9.17, 15) is 4.79 Å². The smallest absolute Gasteiger partial charge is 0.230 e. The quantitative estimate of drug-likeness (QED) is 0.692. The molecule has 26 heavy (non-hydrogen) atoms. The van der Waals surface area contributed by atoms with Crippen LogP contribution in [0.1, 0.15) is 32.6 Å². The van der Waals surface area contributed by atoms with E-state index in [0.29, 0.717) is 22.8 Å². The minimum atomic E-state index is 0.0724. The van der Waals surface area contributed by atoms with Gasteiger partial charge in [0.25, 0.3) is 0 Å². The molecular weight excluding hydrogens is 368 g/mol. The number of amides is 1. The summed E-state index contributed by atoms with van der Waals surface area (Å²) in [6, 6.07) is 7.96. The molecule has 0 spiro atoms. The van der Waals surface area contributed by atoms with Gasteiger partial charge in [-0.3, -0.25) is 4.79 Å². The van der Waals surface area contributed by atoms with Crippen LogP contribution >= 0.6 is 23.1 Å². The molecule has 1 saturated carbocycles. The normalized spacial score (nSPS) is 19.8. The van der Waals surface area contributed by atoms with Crippen LogP contribution in [0.15, 0.2) is 28.6 Å². The van der Waals surface area contributed by atoms with Crippen molar-refractivity contribution in [1.82, 2.24) is 15.5 Å². The third kappa shape index (κ3) is 5.11. The van der Waals surface area contributed by atoms with Gasteiger partial charge in [-0.05, 0) is 30.9 Å². The summed E-state index contributed by atoms with van der Waals surface area (Å²) in [6.45, 7) is 2.22. The number of hydrogen-bond donors (Lipinski definition) is 2. The van der Waals surface area contributed by atoms with Crippen LogP contribution in [0.2, 0.25) is 0 Å². The topological polar surface area (TPSA) is 76.1 Å². The van der Waals surface area contributed by atoms with Crippen molar-refractivity contribution in [3.05, 3.63) is 24.3 Å². The number of benzene rings is 1. The highest BCUT2D eigenvalue weighted by atomic mass is 32.2. The van der Waals surface area contributed by atoms with Crippen molar-refractivity contribution in [2.75, 3.05) is 18.2 Å². The molecule has 140 valence electrons. The number of ether oxygens (including phenoxy) is 1. The lowest BCUT2D eigenvalue weighted by Gasteiger charge is -2.29. The van der Waals surface area contributed by atoms with Gasteiger partial charge in [0.05, 0.1) is 18.6 Å². The second-order valence-corrected chi connectivity index (χ2v) is 8.62. The number of para-hydroxylation sites is 2. The van der Waals surface area contributed by atoms with Gasteiger partial charge in [-0.25, -0.2) is 0 Å². The van der Waals surface area contributed by atoms with Gasteiger partial charge in [0.15, 0.2) is 4.34 Å². The van der Waals surface area contributed by atoms with Crippen LogP contribution in [0.25, 0.3) is 0 Å². The number of thioether (sulfide) groups is 1. The number of carbonyl (C=O) groups is 1. The van der Waals surface area contributed by atoms with Crippen molar-refractivity contribution in [2.45, 2.75) is 43.0 Å². The third-order valence-electron chi connectivity index (χ3n) is 4.54. The largest absolute Gasteiger partial charge is 0.495 e. The molecule has 1 amide bonds.